The molecular weight excluding hydrogens is 268 g/mol. The van der Waals surface area contributed by atoms with Crippen LogP contribution in [0.3, 0.4) is 0 Å². The maximum atomic E-state index is 12.9. The van der Waals surface area contributed by atoms with Gasteiger partial charge >= 0.3 is 5.97 Å². The van der Waals surface area contributed by atoms with Gasteiger partial charge in [-0.15, -0.1) is 0 Å². The van der Waals surface area contributed by atoms with Gasteiger partial charge in [-0.05, 0) is 38.4 Å². The molecule has 5 nitrogen and oxygen atoms in total. The van der Waals surface area contributed by atoms with Crippen molar-refractivity contribution in [1.29, 1.82) is 0 Å². The second kappa shape index (κ2) is 6.26. The largest absolute Gasteiger partial charge is 0.480 e. The number of anilines is 1. The molecule has 1 unspecified atom stereocenters. The summed E-state index contributed by atoms with van der Waals surface area (Å²) in [6, 6.07) is 7.40. The summed E-state index contributed by atoms with van der Waals surface area (Å²) in [5, 5.41) is 12.4. The molecular formula is C16H22N2O3. The van der Waals surface area contributed by atoms with E-state index >= 15 is 0 Å². The lowest BCUT2D eigenvalue weighted by Crippen LogP contribution is -2.47. The molecule has 1 heterocycles. The minimum atomic E-state index is -0.999. The van der Waals surface area contributed by atoms with Gasteiger partial charge in [-0.2, -0.15) is 0 Å². The van der Waals surface area contributed by atoms with Crippen molar-refractivity contribution >= 4 is 17.6 Å². The second-order valence-electron chi connectivity index (χ2n) is 5.68. The van der Waals surface area contributed by atoms with E-state index in [-0.39, 0.29) is 12.5 Å². The zero-order valence-corrected chi connectivity index (χ0v) is 12.6. The normalized spacial score (nSPS) is 21.2. The lowest BCUT2D eigenvalue weighted by Gasteiger charge is -2.32. The van der Waals surface area contributed by atoms with E-state index in [1.54, 1.807) is 0 Å². The molecule has 0 aliphatic carbocycles. The number of nitrogens with zero attached hydrogens (tertiary/aromatic N) is 1. The average molecular weight is 290 g/mol. The van der Waals surface area contributed by atoms with E-state index in [9.17, 15) is 9.59 Å². The quantitative estimate of drug-likeness (QED) is 0.867. The minimum absolute atomic E-state index is 0.0961. The van der Waals surface area contributed by atoms with Gasteiger partial charge in [-0.25, -0.2) is 0 Å². The molecule has 1 aromatic carbocycles. The fraction of sp³-hybridized carbons (Fsp3) is 0.500. The third kappa shape index (κ3) is 3.24. The molecule has 5 heteroatoms. The molecule has 1 aliphatic rings. The number of rotatable bonds is 5. The predicted octanol–water partition coefficient (Wildman–Crippen LogP) is 1.80. The summed E-state index contributed by atoms with van der Waals surface area (Å²) in [6.07, 6.45) is 1.46. The highest BCUT2D eigenvalue weighted by atomic mass is 16.4. The molecule has 0 saturated carbocycles. The molecule has 0 aromatic heterocycles. The number of carbonyl (C=O) groups is 2. The molecule has 21 heavy (non-hydrogen) atoms. The molecule has 1 atom stereocenters. The number of aryl methyl sites for hydroxylation is 1. The Morgan fingerprint density at radius 1 is 1.33 bits per heavy atom. The van der Waals surface area contributed by atoms with Crippen molar-refractivity contribution in [3.8, 4) is 0 Å². The van der Waals surface area contributed by atoms with E-state index in [1.807, 2.05) is 38.1 Å². The summed E-state index contributed by atoms with van der Waals surface area (Å²) >= 11 is 0. The molecule has 114 valence electrons. The number of carboxylic acids is 1. The van der Waals surface area contributed by atoms with Crippen LogP contribution >= 0.6 is 0 Å². The van der Waals surface area contributed by atoms with Gasteiger partial charge in [-0.1, -0.05) is 24.6 Å². The Morgan fingerprint density at radius 3 is 2.48 bits per heavy atom. The highest BCUT2D eigenvalue weighted by Crippen LogP contribution is 2.33. The summed E-state index contributed by atoms with van der Waals surface area (Å²) in [5.74, 6) is -1.10. The van der Waals surface area contributed by atoms with Crippen molar-refractivity contribution in [2.24, 2.45) is 5.41 Å². The van der Waals surface area contributed by atoms with Crippen molar-refractivity contribution in [3.63, 3.8) is 0 Å². The van der Waals surface area contributed by atoms with Crippen LogP contribution in [0.2, 0.25) is 0 Å². The van der Waals surface area contributed by atoms with E-state index in [1.165, 1.54) is 4.90 Å². The number of hydrogen-bond acceptors (Lipinski definition) is 3. The van der Waals surface area contributed by atoms with Crippen molar-refractivity contribution in [2.75, 3.05) is 24.5 Å². The zero-order chi connectivity index (χ0) is 15.5. The summed E-state index contributed by atoms with van der Waals surface area (Å²) in [5.41, 5.74) is 1.24. The first-order chi connectivity index (χ1) is 9.98. The number of amides is 1. The fourth-order valence-electron chi connectivity index (χ4n) is 2.81. The number of carbonyl (C=O) groups excluding carboxylic acids is 1. The maximum absolute atomic E-state index is 12.9. The molecule has 0 spiro atoms. The van der Waals surface area contributed by atoms with Crippen LogP contribution < -0.4 is 10.2 Å². The van der Waals surface area contributed by atoms with E-state index in [4.69, 9.17) is 5.11 Å². The number of carboxylic acid groups (broad SMARTS) is 1. The van der Waals surface area contributed by atoms with E-state index < -0.39 is 11.4 Å². The van der Waals surface area contributed by atoms with Crippen LogP contribution in [0.1, 0.15) is 25.3 Å². The van der Waals surface area contributed by atoms with Crippen LogP contribution in [-0.4, -0.2) is 36.6 Å². The monoisotopic (exact) mass is 290 g/mol. The molecule has 1 aliphatic heterocycles. The van der Waals surface area contributed by atoms with Crippen LogP contribution in [0.4, 0.5) is 5.69 Å². The number of aliphatic carboxylic acids is 1. The SMILES string of the molecule is CCC1(C(=O)N(CC(=O)O)c2ccc(C)cc2)CCNC1. The molecule has 2 rings (SSSR count). The molecule has 1 fully saturated rings. The number of benzene rings is 1. The van der Waals surface area contributed by atoms with Gasteiger partial charge < -0.3 is 15.3 Å². The van der Waals surface area contributed by atoms with Crippen molar-refractivity contribution in [3.05, 3.63) is 29.8 Å². The third-order valence-electron chi connectivity index (χ3n) is 4.26. The zero-order valence-electron chi connectivity index (χ0n) is 12.6. The lowest BCUT2D eigenvalue weighted by molar-refractivity contribution is -0.138. The summed E-state index contributed by atoms with van der Waals surface area (Å²) < 4.78 is 0. The van der Waals surface area contributed by atoms with Crippen LogP contribution in [-0.2, 0) is 9.59 Å². The van der Waals surface area contributed by atoms with Gasteiger partial charge in [0, 0.05) is 12.2 Å². The minimum Gasteiger partial charge on any atom is -0.480 e. The van der Waals surface area contributed by atoms with Crippen molar-refractivity contribution < 1.29 is 14.7 Å². The summed E-state index contributed by atoms with van der Waals surface area (Å²) in [7, 11) is 0. The smallest absolute Gasteiger partial charge is 0.323 e. The van der Waals surface area contributed by atoms with Crippen LogP contribution in [0.5, 0.6) is 0 Å². The van der Waals surface area contributed by atoms with Crippen molar-refractivity contribution in [1.82, 2.24) is 5.32 Å². The molecule has 0 bridgehead atoms. The topological polar surface area (TPSA) is 69.6 Å². The molecule has 1 amide bonds. The van der Waals surface area contributed by atoms with Crippen LogP contribution in [0.15, 0.2) is 24.3 Å². The molecule has 1 saturated heterocycles. The Labute approximate surface area is 125 Å². The standard InChI is InChI=1S/C16H22N2O3/c1-3-16(8-9-17-11-16)15(21)18(10-14(19)20)13-6-4-12(2)5-7-13/h4-7,17H,3,8-11H2,1-2H3,(H,19,20). The highest BCUT2D eigenvalue weighted by Gasteiger charge is 2.42. The van der Waals surface area contributed by atoms with Gasteiger partial charge in [0.25, 0.3) is 0 Å². The van der Waals surface area contributed by atoms with Crippen LogP contribution in [0.25, 0.3) is 0 Å². The first-order valence-electron chi connectivity index (χ1n) is 7.30. The predicted molar refractivity (Wildman–Crippen MR) is 81.4 cm³/mol. The fourth-order valence-corrected chi connectivity index (χ4v) is 2.81. The first kappa shape index (κ1) is 15.5. The summed E-state index contributed by atoms with van der Waals surface area (Å²) in [4.78, 5) is 25.5. The highest BCUT2D eigenvalue weighted by molar-refractivity contribution is 6.01. The van der Waals surface area contributed by atoms with Gasteiger partial charge in [0.1, 0.15) is 6.54 Å². The van der Waals surface area contributed by atoms with Gasteiger partial charge in [0.2, 0.25) is 5.91 Å². The van der Waals surface area contributed by atoms with E-state index in [0.29, 0.717) is 18.7 Å². The second-order valence-corrected chi connectivity index (χ2v) is 5.68. The van der Waals surface area contributed by atoms with Gasteiger partial charge in [0.15, 0.2) is 0 Å². The number of nitrogens with one attached hydrogen (secondary N) is 1. The Morgan fingerprint density at radius 2 is 2.00 bits per heavy atom. The van der Waals surface area contributed by atoms with Gasteiger partial charge in [-0.3, -0.25) is 9.59 Å². The lowest BCUT2D eigenvalue weighted by atomic mass is 9.82. The Hall–Kier alpha value is -1.88. The van der Waals surface area contributed by atoms with E-state index in [2.05, 4.69) is 5.32 Å². The summed E-state index contributed by atoms with van der Waals surface area (Å²) in [6.45, 7) is 5.06. The van der Waals surface area contributed by atoms with E-state index in [0.717, 1.165) is 18.5 Å². The average Bonchev–Trinajstić information content (AvgIpc) is 2.95. The Bertz CT molecular complexity index is 519. The number of hydrogen-bond donors (Lipinski definition) is 2. The van der Waals surface area contributed by atoms with Crippen molar-refractivity contribution in [2.45, 2.75) is 26.7 Å². The Kier molecular flexibility index (Phi) is 4.63. The molecule has 1 aromatic rings. The Balaban J connectivity index is 2.33. The molecule has 0 radical (unpaired) electrons. The maximum Gasteiger partial charge on any atom is 0.323 e. The first-order valence-corrected chi connectivity index (χ1v) is 7.30. The third-order valence-corrected chi connectivity index (χ3v) is 4.26. The van der Waals surface area contributed by atoms with Gasteiger partial charge in [0.05, 0.1) is 5.41 Å². The molecule has 2 N–H and O–H groups in total. The van der Waals surface area contributed by atoms with Crippen LogP contribution in [0, 0.1) is 12.3 Å².